The minimum atomic E-state index is -0.825. The standard InChI is InChI=1S/C13H13N3O3/c17-13(18)9-5-2-1-4-8(9)12-15-11(16-19-12)10-6-3-7-14-10/h1-3,6-9,14H,4-5H2,(H,17,18)/t8-,9+/m1/s1. The number of nitrogens with one attached hydrogen (secondary N) is 1. The van der Waals surface area contributed by atoms with Crippen molar-refractivity contribution < 1.29 is 14.4 Å². The van der Waals surface area contributed by atoms with Gasteiger partial charge in [0.15, 0.2) is 0 Å². The van der Waals surface area contributed by atoms with Gasteiger partial charge >= 0.3 is 5.97 Å². The number of H-pyrrole nitrogens is 1. The van der Waals surface area contributed by atoms with Crippen LogP contribution in [0.1, 0.15) is 24.7 Å². The van der Waals surface area contributed by atoms with E-state index in [4.69, 9.17) is 4.52 Å². The number of aliphatic carboxylic acids is 1. The number of aromatic nitrogens is 3. The normalized spacial score (nSPS) is 22.5. The molecule has 1 aliphatic rings. The molecule has 0 aliphatic heterocycles. The van der Waals surface area contributed by atoms with Gasteiger partial charge in [-0.05, 0) is 25.0 Å². The largest absolute Gasteiger partial charge is 0.481 e. The zero-order valence-corrected chi connectivity index (χ0v) is 10.1. The van der Waals surface area contributed by atoms with E-state index in [0.717, 1.165) is 5.69 Å². The first-order valence-electron chi connectivity index (χ1n) is 6.11. The molecule has 2 atom stereocenters. The summed E-state index contributed by atoms with van der Waals surface area (Å²) in [5, 5.41) is 13.1. The van der Waals surface area contributed by atoms with Crippen molar-refractivity contribution in [2.75, 3.05) is 0 Å². The Labute approximate surface area is 109 Å². The second-order valence-electron chi connectivity index (χ2n) is 4.53. The van der Waals surface area contributed by atoms with Crippen molar-refractivity contribution in [3.8, 4) is 11.5 Å². The van der Waals surface area contributed by atoms with Gasteiger partial charge in [0.05, 0.1) is 17.5 Å². The fourth-order valence-electron chi connectivity index (χ4n) is 2.32. The third-order valence-electron chi connectivity index (χ3n) is 3.35. The number of carboxylic acids is 1. The molecule has 0 bridgehead atoms. The predicted octanol–water partition coefficient (Wildman–Crippen LogP) is 2.20. The van der Waals surface area contributed by atoms with Gasteiger partial charge < -0.3 is 14.6 Å². The zero-order chi connectivity index (χ0) is 13.2. The van der Waals surface area contributed by atoms with Gasteiger partial charge in [0.1, 0.15) is 0 Å². The van der Waals surface area contributed by atoms with Crippen molar-refractivity contribution in [3.63, 3.8) is 0 Å². The highest BCUT2D eigenvalue weighted by atomic mass is 16.5. The minimum absolute atomic E-state index is 0.251. The van der Waals surface area contributed by atoms with Crippen molar-refractivity contribution >= 4 is 5.97 Å². The molecule has 2 aromatic rings. The lowest BCUT2D eigenvalue weighted by atomic mass is 9.83. The van der Waals surface area contributed by atoms with Crippen LogP contribution in [-0.4, -0.2) is 26.2 Å². The molecule has 2 heterocycles. The first-order chi connectivity index (χ1) is 9.25. The average molecular weight is 259 g/mol. The molecule has 2 N–H and O–H groups in total. The Bertz CT molecular complexity index is 600. The molecule has 0 fully saturated rings. The minimum Gasteiger partial charge on any atom is -0.481 e. The highest BCUT2D eigenvalue weighted by Gasteiger charge is 2.34. The quantitative estimate of drug-likeness (QED) is 0.824. The van der Waals surface area contributed by atoms with Crippen LogP contribution in [0.15, 0.2) is 35.0 Å². The molecular formula is C13H13N3O3. The van der Waals surface area contributed by atoms with Gasteiger partial charge in [-0.1, -0.05) is 17.3 Å². The summed E-state index contributed by atoms with van der Waals surface area (Å²) in [6, 6.07) is 3.68. The lowest BCUT2D eigenvalue weighted by Crippen LogP contribution is -2.23. The molecule has 0 saturated carbocycles. The number of aromatic amines is 1. The monoisotopic (exact) mass is 259 g/mol. The molecule has 0 amide bonds. The van der Waals surface area contributed by atoms with E-state index in [0.29, 0.717) is 24.6 Å². The van der Waals surface area contributed by atoms with Crippen LogP contribution in [0.5, 0.6) is 0 Å². The fraction of sp³-hybridized carbons (Fsp3) is 0.308. The first-order valence-corrected chi connectivity index (χ1v) is 6.11. The second kappa shape index (κ2) is 4.72. The maximum Gasteiger partial charge on any atom is 0.307 e. The Morgan fingerprint density at radius 3 is 3.00 bits per heavy atom. The Morgan fingerprint density at radius 2 is 2.26 bits per heavy atom. The molecular weight excluding hydrogens is 246 g/mol. The van der Waals surface area contributed by atoms with E-state index in [2.05, 4.69) is 15.1 Å². The Kier molecular flexibility index (Phi) is 2.91. The van der Waals surface area contributed by atoms with Gasteiger partial charge in [0.25, 0.3) is 0 Å². The SMILES string of the molecule is O=C(O)[C@H]1CC=CC[C@H]1c1nc(-c2ccc[nH]2)no1. The molecule has 0 saturated heterocycles. The molecule has 6 nitrogen and oxygen atoms in total. The highest BCUT2D eigenvalue weighted by Crippen LogP contribution is 2.34. The maximum absolute atomic E-state index is 11.2. The summed E-state index contributed by atoms with van der Waals surface area (Å²) in [6.07, 6.45) is 6.73. The van der Waals surface area contributed by atoms with E-state index in [1.807, 2.05) is 24.3 Å². The molecule has 0 unspecified atom stereocenters. The Hall–Kier alpha value is -2.37. The van der Waals surface area contributed by atoms with Crippen LogP contribution in [-0.2, 0) is 4.79 Å². The van der Waals surface area contributed by atoms with E-state index >= 15 is 0 Å². The highest BCUT2D eigenvalue weighted by molar-refractivity contribution is 5.71. The third kappa shape index (κ3) is 2.16. The summed E-state index contributed by atoms with van der Waals surface area (Å²) in [5.41, 5.74) is 0.758. The lowest BCUT2D eigenvalue weighted by molar-refractivity contribution is -0.142. The fourth-order valence-corrected chi connectivity index (χ4v) is 2.32. The number of hydrogen-bond donors (Lipinski definition) is 2. The number of rotatable bonds is 3. The molecule has 0 spiro atoms. The summed E-state index contributed by atoms with van der Waals surface area (Å²) in [6.45, 7) is 0. The lowest BCUT2D eigenvalue weighted by Gasteiger charge is -2.21. The third-order valence-corrected chi connectivity index (χ3v) is 3.35. The van der Waals surface area contributed by atoms with Crippen LogP contribution >= 0.6 is 0 Å². The van der Waals surface area contributed by atoms with E-state index in [-0.39, 0.29) is 5.92 Å². The molecule has 2 aromatic heterocycles. The van der Waals surface area contributed by atoms with E-state index in [9.17, 15) is 9.90 Å². The maximum atomic E-state index is 11.2. The summed E-state index contributed by atoms with van der Waals surface area (Å²) in [4.78, 5) is 18.5. The molecule has 3 rings (SSSR count). The van der Waals surface area contributed by atoms with Gasteiger partial charge in [0, 0.05) is 6.20 Å². The molecule has 6 heteroatoms. The van der Waals surface area contributed by atoms with Crippen LogP contribution < -0.4 is 0 Å². The predicted molar refractivity (Wildman–Crippen MR) is 66.3 cm³/mol. The molecule has 98 valence electrons. The van der Waals surface area contributed by atoms with Crippen molar-refractivity contribution in [1.82, 2.24) is 15.1 Å². The Balaban J connectivity index is 1.89. The molecule has 0 aromatic carbocycles. The van der Waals surface area contributed by atoms with Crippen molar-refractivity contribution in [1.29, 1.82) is 0 Å². The van der Waals surface area contributed by atoms with Gasteiger partial charge in [-0.25, -0.2) is 0 Å². The number of hydrogen-bond acceptors (Lipinski definition) is 4. The van der Waals surface area contributed by atoms with E-state index < -0.39 is 11.9 Å². The summed E-state index contributed by atoms with van der Waals surface area (Å²) >= 11 is 0. The molecule has 1 aliphatic carbocycles. The number of allylic oxidation sites excluding steroid dienone is 2. The van der Waals surface area contributed by atoms with E-state index in [1.54, 1.807) is 6.20 Å². The van der Waals surface area contributed by atoms with Gasteiger partial charge in [-0.15, -0.1) is 0 Å². The Morgan fingerprint density at radius 1 is 1.42 bits per heavy atom. The van der Waals surface area contributed by atoms with Gasteiger partial charge in [-0.2, -0.15) is 4.98 Å². The summed E-state index contributed by atoms with van der Waals surface area (Å²) in [7, 11) is 0. The number of nitrogens with zero attached hydrogens (tertiary/aromatic N) is 2. The van der Waals surface area contributed by atoms with Crippen LogP contribution in [0, 0.1) is 5.92 Å². The first kappa shape index (κ1) is 11.7. The number of carboxylic acid groups (broad SMARTS) is 1. The summed E-state index contributed by atoms with van der Waals surface area (Å²) in [5.74, 6) is -0.727. The van der Waals surface area contributed by atoms with Crippen LogP contribution in [0.25, 0.3) is 11.5 Å². The second-order valence-corrected chi connectivity index (χ2v) is 4.53. The topological polar surface area (TPSA) is 92.0 Å². The summed E-state index contributed by atoms with van der Waals surface area (Å²) < 4.78 is 5.23. The smallest absolute Gasteiger partial charge is 0.307 e. The van der Waals surface area contributed by atoms with Gasteiger partial charge in [0.2, 0.25) is 11.7 Å². The van der Waals surface area contributed by atoms with E-state index in [1.165, 1.54) is 0 Å². The molecule has 19 heavy (non-hydrogen) atoms. The van der Waals surface area contributed by atoms with Crippen LogP contribution in [0.4, 0.5) is 0 Å². The molecule has 0 radical (unpaired) electrons. The zero-order valence-electron chi connectivity index (χ0n) is 10.1. The van der Waals surface area contributed by atoms with Crippen LogP contribution in [0.2, 0.25) is 0 Å². The van der Waals surface area contributed by atoms with Gasteiger partial charge in [-0.3, -0.25) is 4.79 Å². The van der Waals surface area contributed by atoms with Crippen molar-refractivity contribution in [3.05, 3.63) is 36.4 Å². The number of carbonyl (C=O) groups is 1. The van der Waals surface area contributed by atoms with Crippen molar-refractivity contribution in [2.24, 2.45) is 5.92 Å². The van der Waals surface area contributed by atoms with Crippen LogP contribution in [0.3, 0.4) is 0 Å². The van der Waals surface area contributed by atoms with Crippen molar-refractivity contribution in [2.45, 2.75) is 18.8 Å². The average Bonchev–Trinajstić information content (AvgIpc) is 3.09.